The average molecular weight is 362 g/mol. The van der Waals surface area contributed by atoms with Gasteiger partial charge in [-0.25, -0.2) is 4.79 Å². The van der Waals surface area contributed by atoms with Gasteiger partial charge in [-0.2, -0.15) is 13.2 Å². The predicted molar refractivity (Wildman–Crippen MR) is 86.9 cm³/mol. The summed E-state index contributed by atoms with van der Waals surface area (Å²) in [6.07, 6.45) is -3.08. The van der Waals surface area contributed by atoms with E-state index in [-0.39, 0.29) is 17.1 Å². The molecule has 0 fully saturated rings. The van der Waals surface area contributed by atoms with Crippen LogP contribution >= 0.6 is 11.6 Å². The molecule has 0 aliphatic carbocycles. The summed E-state index contributed by atoms with van der Waals surface area (Å²) in [4.78, 5) is 13.5. The molecule has 0 N–H and O–H groups in total. The number of hydrogen-bond donors (Lipinski definition) is 0. The standard InChI is InChI=1S/C17H19ClF3NO2/c1-16(2,3)24-15(23)22-9-7-11(8-10-22)12-5-4-6-13(18)14(12)17(19,20)21/h4-7H,8-10H2,1-3H3. The van der Waals surface area contributed by atoms with Crippen LogP contribution in [0.4, 0.5) is 18.0 Å². The minimum Gasteiger partial charge on any atom is -0.444 e. The zero-order chi connectivity index (χ0) is 18.1. The van der Waals surface area contributed by atoms with Crippen LogP contribution in [0, 0.1) is 0 Å². The van der Waals surface area contributed by atoms with Crippen LogP contribution in [-0.2, 0) is 10.9 Å². The third kappa shape index (κ3) is 4.44. The highest BCUT2D eigenvalue weighted by molar-refractivity contribution is 6.31. The number of hydrogen-bond acceptors (Lipinski definition) is 2. The molecule has 0 atom stereocenters. The smallest absolute Gasteiger partial charge is 0.418 e. The lowest BCUT2D eigenvalue weighted by Gasteiger charge is -2.30. The number of rotatable bonds is 1. The van der Waals surface area contributed by atoms with E-state index in [0.29, 0.717) is 18.5 Å². The van der Waals surface area contributed by atoms with Gasteiger partial charge in [0.25, 0.3) is 0 Å². The zero-order valence-electron chi connectivity index (χ0n) is 13.7. The molecule has 1 heterocycles. The Morgan fingerprint density at radius 3 is 2.42 bits per heavy atom. The first kappa shape index (κ1) is 18.6. The number of alkyl halides is 3. The number of ether oxygens (including phenoxy) is 1. The van der Waals surface area contributed by atoms with Gasteiger partial charge >= 0.3 is 12.3 Å². The monoisotopic (exact) mass is 361 g/mol. The van der Waals surface area contributed by atoms with Crippen LogP contribution < -0.4 is 0 Å². The molecule has 0 spiro atoms. The minimum absolute atomic E-state index is 0.0684. The molecule has 1 aliphatic rings. The summed E-state index contributed by atoms with van der Waals surface area (Å²) >= 11 is 5.75. The third-order valence-corrected chi connectivity index (χ3v) is 3.82. The summed E-state index contributed by atoms with van der Waals surface area (Å²) in [7, 11) is 0. The summed E-state index contributed by atoms with van der Waals surface area (Å²) in [5.74, 6) is 0. The Morgan fingerprint density at radius 2 is 1.92 bits per heavy atom. The molecule has 24 heavy (non-hydrogen) atoms. The third-order valence-electron chi connectivity index (χ3n) is 3.50. The van der Waals surface area contributed by atoms with Crippen LogP contribution in [0.2, 0.25) is 5.02 Å². The number of carbonyl (C=O) groups is 1. The van der Waals surface area contributed by atoms with Crippen molar-refractivity contribution in [2.75, 3.05) is 13.1 Å². The molecule has 132 valence electrons. The maximum absolute atomic E-state index is 13.3. The van der Waals surface area contributed by atoms with E-state index in [1.165, 1.54) is 23.1 Å². The Morgan fingerprint density at radius 1 is 1.25 bits per heavy atom. The molecule has 0 radical (unpaired) electrons. The molecule has 7 heteroatoms. The van der Waals surface area contributed by atoms with E-state index in [1.807, 2.05) is 0 Å². The first-order chi connectivity index (χ1) is 11.0. The van der Waals surface area contributed by atoms with E-state index in [0.717, 1.165) is 0 Å². The summed E-state index contributed by atoms with van der Waals surface area (Å²) < 4.78 is 45.0. The van der Waals surface area contributed by atoms with Gasteiger partial charge < -0.3 is 9.64 Å². The number of benzene rings is 1. The highest BCUT2D eigenvalue weighted by Gasteiger charge is 2.37. The quantitative estimate of drug-likeness (QED) is 0.671. The van der Waals surface area contributed by atoms with Crippen molar-refractivity contribution >= 4 is 23.3 Å². The topological polar surface area (TPSA) is 29.5 Å². The molecule has 1 aromatic rings. The molecular formula is C17H19ClF3NO2. The van der Waals surface area contributed by atoms with E-state index >= 15 is 0 Å². The second-order valence-corrected chi connectivity index (χ2v) is 6.97. The maximum Gasteiger partial charge on any atom is 0.418 e. The second-order valence-electron chi connectivity index (χ2n) is 6.57. The number of amides is 1. The number of nitrogens with zero attached hydrogens (tertiary/aromatic N) is 1. The Labute approximate surface area is 144 Å². The molecule has 0 aromatic heterocycles. The molecular weight excluding hydrogens is 343 g/mol. The van der Waals surface area contributed by atoms with Crippen LogP contribution in [0.5, 0.6) is 0 Å². The van der Waals surface area contributed by atoms with E-state index in [4.69, 9.17) is 16.3 Å². The Hall–Kier alpha value is -1.69. The van der Waals surface area contributed by atoms with Crippen molar-refractivity contribution in [3.8, 4) is 0 Å². The molecule has 1 aliphatic heterocycles. The second kappa shape index (κ2) is 6.67. The van der Waals surface area contributed by atoms with Gasteiger partial charge in [-0.05, 0) is 44.4 Å². The van der Waals surface area contributed by atoms with Gasteiger partial charge in [0.15, 0.2) is 0 Å². The maximum atomic E-state index is 13.3. The fraction of sp³-hybridized carbons (Fsp3) is 0.471. The Balaban J connectivity index is 2.23. The number of carbonyl (C=O) groups excluding carboxylic acids is 1. The molecule has 1 aromatic carbocycles. The number of halogens is 4. The van der Waals surface area contributed by atoms with Crippen molar-refractivity contribution in [3.05, 3.63) is 40.4 Å². The zero-order valence-corrected chi connectivity index (χ0v) is 14.5. The molecule has 1 amide bonds. The lowest BCUT2D eigenvalue weighted by atomic mass is 9.94. The minimum atomic E-state index is -4.53. The molecule has 0 bridgehead atoms. The van der Waals surface area contributed by atoms with Crippen LogP contribution in [0.25, 0.3) is 5.57 Å². The summed E-state index contributed by atoms with van der Waals surface area (Å²) in [6, 6.07) is 4.13. The van der Waals surface area contributed by atoms with Crippen LogP contribution in [0.15, 0.2) is 24.3 Å². The van der Waals surface area contributed by atoms with Crippen molar-refractivity contribution in [2.24, 2.45) is 0 Å². The summed E-state index contributed by atoms with van der Waals surface area (Å²) in [6.45, 7) is 5.78. The highest BCUT2D eigenvalue weighted by atomic mass is 35.5. The predicted octanol–water partition coefficient (Wildman–Crippen LogP) is 5.38. The van der Waals surface area contributed by atoms with Crippen molar-refractivity contribution in [1.82, 2.24) is 4.90 Å². The van der Waals surface area contributed by atoms with Gasteiger partial charge in [-0.3, -0.25) is 0 Å². The lowest BCUT2D eigenvalue weighted by Crippen LogP contribution is -2.39. The highest BCUT2D eigenvalue weighted by Crippen LogP contribution is 2.40. The van der Waals surface area contributed by atoms with E-state index in [1.54, 1.807) is 26.8 Å². The van der Waals surface area contributed by atoms with Crippen molar-refractivity contribution in [2.45, 2.75) is 39.0 Å². The van der Waals surface area contributed by atoms with E-state index in [2.05, 4.69) is 0 Å². The van der Waals surface area contributed by atoms with Crippen LogP contribution in [0.1, 0.15) is 38.3 Å². The van der Waals surface area contributed by atoms with E-state index in [9.17, 15) is 18.0 Å². The fourth-order valence-corrected chi connectivity index (χ4v) is 2.77. The molecule has 0 saturated heterocycles. The van der Waals surface area contributed by atoms with Crippen molar-refractivity contribution < 1.29 is 22.7 Å². The van der Waals surface area contributed by atoms with Gasteiger partial charge in [-0.15, -0.1) is 0 Å². The Bertz CT molecular complexity index is 663. The normalized spacial score (nSPS) is 16.0. The lowest BCUT2D eigenvalue weighted by molar-refractivity contribution is -0.137. The first-order valence-corrected chi connectivity index (χ1v) is 7.90. The largest absolute Gasteiger partial charge is 0.444 e. The Kier molecular flexibility index (Phi) is 5.18. The van der Waals surface area contributed by atoms with E-state index < -0.39 is 23.4 Å². The first-order valence-electron chi connectivity index (χ1n) is 7.52. The van der Waals surface area contributed by atoms with Gasteiger partial charge in [0.1, 0.15) is 5.60 Å². The van der Waals surface area contributed by atoms with Gasteiger partial charge in [0.05, 0.1) is 10.6 Å². The molecule has 3 nitrogen and oxygen atoms in total. The van der Waals surface area contributed by atoms with Crippen molar-refractivity contribution in [3.63, 3.8) is 0 Å². The fourth-order valence-electron chi connectivity index (χ4n) is 2.49. The van der Waals surface area contributed by atoms with Gasteiger partial charge in [0.2, 0.25) is 0 Å². The molecule has 2 rings (SSSR count). The molecule has 0 saturated carbocycles. The van der Waals surface area contributed by atoms with Gasteiger partial charge in [-0.1, -0.05) is 29.8 Å². The van der Waals surface area contributed by atoms with Crippen molar-refractivity contribution in [1.29, 1.82) is 0 Å². The average Bonchev–Trinajstić information content (AvgIpc) is 2.44. The summed E-state index contributed by atoms with van der Waals surface area (Å²) in [5, 5.41) is -0.324. The van der Waals surface area contributed by atoms with Crippen LogP contribution in [-0.4, -0.2) is 29.7 Å². The SMILES string of the molecule is CC(C)(C)OC(=O)N1CC=C(c2cccc(Cl)c2C(F)(F)F)CC1. The van der Waals surface area contributed by atoms with Gasteiger partial charge in [0, 0.05) is 13.1 Å². The molecule has 0 unspecified atom stereocenters. The van der Waals surface area contributed by atoms with Crippen LogP contribution in [0.3, 0.4) is 0 Å². The summed E-state index contributed by atoms with van der Waals surface area (Å²) in [5.41, 5.74) is -0.843.